The molecule has 0 radical (unpaired) electrons. The number of hydrogen-bond acceptors (Lipinski definition) is 6. The first-order valence-electron chi connectivity index (χ1n) is 6.81. The Morgan fingerprint density at radius 2 is 1.83 bits per heavy atom. The van der Waals surface area contributed by atoms with Crippen LogP contribution in [0.15, 0.2) is 58.3 Å². The van der Waals surface area contributed by atoms with Crippen LogP contribution in [0.4, 0.5) is 5.69 Å². The van der Waals surface area contributed by atoms with Gasteiger partial charge in [-0.3, -0.25) is 10.1 Å². The van der Waals surface area contributed by atoms with E-state index in [0.717, 1.165) is 12.1 Å². The number of rotatable bonds is 6. The van der Waals surface area contributed by atoms with E-state index in [0.29, 0.717) is 6.61 Å². The lowest BCUT2D eigenvalue weighted by Crippen LogP contribution is -2.09. The molecule has 0 amide bonds. The molecule has 23 heavy (non-hydrogen) atoms. The summed E-state index contributed by atoms with van der Waals surface area (Å²) in [6.07, 6.45) is 0.00475. The van der Waals surface area contributed by atoms with E-state index >= 15 is 0 Å². The van der Waals surface area contributed by atoms with Crippen molar-refractivity contribution in [3.63, 3.8) is 0 Å². The molecule has 0 bridgehead atoms. The Kier molecular flexibility index (Phi) is 4.01. The fourth-order valence-corrected chi connectivity index (χ4v) is 3.41. The molecule has 2 aromatic rings. The van der Waals surface area contributed by atoms with Crippen molar-refractivity contribution in [3.05, 3.63) is 58.6 Å². The van der Waals surface area contributed by atoms with Crippen molar-refractivity contribution in [2.75, 3.05) is 13.2 Å². The van der Waals surface area contributed by atoms with Gasteiger partial charge in [0, 0.05) is 12.1 Å². The zero-order valence-electron chi connectivity index (χ0n) is 11.9. The van der Waals surface area contributed by atoms with E-state index in [1.807, 2.05) is 0 Å². The summed E-state index contributed by atoms with van der Waals surface area (Å²) < 4.78 is 36.0. The summed E-state index contributed by atoms with van der Waals surface area (Å²) in [7, 11) is -3.83. The van der Waals surface area contributed by atoms with E-state index < -0.39 is 14.8 Å². The Hall–Kier alpha value is -2.45. The maximum atomic E-state index is 12.7. The van der Waals surface area contributed by atoms with Gasteiger partial charge in [0.2, 0.25) is 9.84 Å². The molecular formula is C15H13NO6S. The lowest BCUT2D eigenvalue weighted by molar-refractivity contribution is -0.384. The van der Waals surface area contributed by atoms with Gasteiger partial charge in [-0.15, -0.1) is 0 Å². The second kappa shape index (κ2) is 5.98. The summed E-state index contributed by atoms with van der Waals surface area (Å²) in [6.45, 7) is 0.893. The largest absolute Gasteiger partial charge is 0.489 e. The third kappa shape index (κ3) is 3.33. The average molecular weight is 335 g/mol. The third-order valence-corrected chi connectivity index (χ3v) is 5.13. The number of ether oxygens (including phenoxy) is 2. The quantitative estimate of drug-likeness (QED) is 0.456. The third-order valence-electron chi connectivity index (χ3n) is 3.32. The number of benzene rings is 2. The standard InChI is InChI=1S/C15H13NO6S/c17-16(18)11-5-7-13(8-6-11)23(19,20)15-4-2-1-3-14(15)22-10-12-9-21-12/h1-8,12H,9-10H2. The minimum absolute atomic E-state index is 0.00475. The molecule has 8 heteroatoms. The number of epoxide rings is 1. The fourth-order valence-electron chi connectivity index (χ4n) is 2.01. The second-order valence-corrected chi connectivity index (χ2v) is 6.89. The van der Waals surface area contributed by atoms with E-state index in [1.165, 1.54) is 18.2 Å². The molecule has 1 atom stereocenters. The zero-order valence-corrected chi connectivity index (χ0v) is 12.7. The van der Waals surface area contributed by atoms with E-state index in [2.05, 4.69) is 0 Å². The maximum Gasteiger partial charge on any atom is 0.269 e. The lowest BCUT2D eigenvalue weighted by atomic mass is 10.3. The van der Waals surface area contributed by atoms with Gasteiger partial charge in [0.1, 0.15) is 23.4 Å². The molecule has 1 heterocycles. The lowest BCUT2D eigenvalue weighted by Gasteiger charge is -2.11. The highest BCUT2D eigenvalue weighted by atomic mass is 32.2. The molecule has 0 aliphatic carbocycles. The van der Waals surface area contributed by atoms with E-state index in [-0.39, 0.29) is 33.9 Å². The van der Waals surface area contributed by atoms with Crippen molar-refractivity contribution in [1.29, 1.82) is 0 Å². The van der Waals surface area contributed by atoms with Gasteiger partial charge in [0.15, 0.2) is 0 Å². The minimum atomic E-state index is -3.83. The van der Waals surface area contributed by atoms with Crippen molar-refractivity contribution in [1.82, 2.24) is 0 Å². The predicted molar refractivity (Wildman–Crippen MR) is 80.2 cm³/mol. The number of nitro groups is 1. The SMILES string of the molecule is O=[N+]([O-])c1ccc(S(=O)(=O)c2ccccc2OCC2CO2)cc1. The summed E-state index contributed by atoms with van der Waals surface area (Å²) in [6, 6.07) is 11.0. The van der Waals surface area contributed by atoms with Crippen molar-refractivity contribution < 1.29 is 22.8 Å². The van der Waals surface area contributed by atoms with Crippen molar-refractivity contribution in [3.8, 4) is 5.75 Å². The first-order chi connectivity index (χ1) is 11.0. The van der Waals surface area contributed by atoms with Crippen molar-refractivity contribution in [2.24, 2.45) is 0 Å². The van der Waals surface area contributed by atoms with Crippen LogP contribution in [-0.2, 0) is 14.6 Å². The van der Waals surface area contributed by atoms with Crippen LogP contribution in [-0.4, -0.2) is 32.7 Å². The molecule has 0 saturated carbocycles. The van der Waals surface area contributed by atoms with E-state index in [4.69, 9.17) is 9.47 Å². The summed E-state index contributed by atoms with van der Waals surface area (Å²) in [4.78, 5) is 10.1. The highest BCUT2D eigenvalue weighted by molar-refractivity contribution is 7.91. The van der Waals surface area contributed by atoms with Gasteiger partial charge in [-0.05, 0) is 24.3 Å². The Bertz CT molecular complexity index is 827. The van der Waals surface area contributed by atoms with Gasteiger partial charge in [0.05, 0.1) is 16.4 Å². The molecule has 1 aliphatic heterocycles. The zero-order chi connectivity index (χ0) is 16.4. The molecule has 1 unspecified atom stereocenters. The maximum absolute atomic E-state index is 12.7. The molecule has 3 rings (SSSR count). The van der Waals surface area contributed by atoms with Crippen LogP contribution >= 0.6 is 0 Å². The van der Waals surface area contributed by atoms with Crippen molar-refractivity contribution in [2.45, 2.75) is 15.9 Å². The number of nitrogens with zero attached hydrogens (tertiary/aromatic N) is 1. The van der Waals surface area contributed by atoms with Crippen LogP contribution in [0.25, 0.3) is 0 Å². The highest BCUT2D eigenvalue weighted by Crippen LogP contribution is 2.30. The van der Waals surface area contributed by atoms with Gasteiger partial charge >= 0.3 is 0 Å². The van der Waals surface area contributed by atoms with Gasteiger partial charge in [-0.25, -0.2) is 8.42 Å². The fraction of sp³-hybridized carbons (Fsp3) is 0.200. The smallest absolute Gasteiger partial charge is 0.269 e. The van der Waals surface area contributed by atoms with Gasteiger partial charge < -0.3 is 9.47 Å². The van der Waals surface area contributed by atoms with Crippen LogP contribution in [0.3, 0.4) is 0 Å². The topological polar surface area (TPSA) is 99.0 Å². The summed E-state index contributed by atoms with van der Waals surface area (Å²) >= 11 is 0. The predicted octanol–water partition coefficient (Wildman–Crippen LogP) is 2.21. The molecule has 1 saturated heterocycles. The minimum Gasteiger partial charge on any atom is -0.489 e. The highest BCUT2D eigenvalue weighted by Gasteiger charge is 2.26. The molecular weight excluding hydrogens is 322 g/mol. The summed E-state index contributed by atoms with van der Waals surface area (Å²) in [5, 5.41) is 10.7. The van der Waals surface area contributed by atoms with Crippen LogP contribution in [0, 0.1) is 10.1 Å². The molecule has 120 valence electrons. The Balaban J connectivity index is 1.93. The molecule has 7 nitrogen and oxygen atoms in total. The number of hydrogen-bond donors (Lipinski definition) is 0. The van der Waals surface area contributed by atoms with E-state index in [9.17, 15) is 18.5 Å². The summed E-state index contributed by atoms with van der Waals surface area (Å²) in [5.74, 6) is 0.237. The second-order valence-electron chi connectivity index (χ2n) is 4.97. The normalized spacial score (nSPS) is 16.8. The molecule has 0 spiro atoms. The Morgan fingerprint density at radius 1 is 1.17 bits per heavy atom. The van der Waals surface area contributed by atoms with Crippen LogP contribution in [0.5, 0.6) is 5.75 Å². The van der Waals surface area contributed by atoms with Gasteiger partial charge in [-0.1, -0.05) is 12.1 Å². The molecule has 0 aromatic heterocycles. The number of para-hydroxylation sites is 1. The molecule has 1 fully saturated rings. The first-order valence-corrected chi connectivity index (χ1v) is 8.30. The molecule has 0 N–H and O–H groups in total. The Morgan fingerprint density at radius 3 is 2.43 bits per heavy atom. The molecule has 2 aromatic carbocycles. The van der Waals surface area contributed by atoms with Crippen LogP contribution in [0.1, 0.15) is 0 Å². The van der Waals surface area contributed by atoms with E-state index in [1.54, 1.807) is 18.2 Å². The first kappa shape index (κ1) is 15.4. The Labute approximate surface area is 132 Å². The van der Waals surface area contributed by atoms with Crippen LogP contribution in [0.2, 0.25) is 0 Å². The van der Waals surface area contributed by atoms with Crippen LogP contribution < -0.4 is 4.74 Å². The number of nitro benzene ring substituents is 1. The van der Waals surface area contributed by atoms with Gasteiger partial charge in [0.25, 0.3) is 5.69 Å². The van der Waals surface area contributed by atoms with Crippen molar-refractivity contribution >= 4 is 15.5 Å². The average Bonchev–Trinajstić information content (AvgIpc) is 3.37. The monoisotopic (exact) mass is 335 g/mol. The number of non-ortho nitro benzene ring substituents is 1. The van der Waals surface area contributed by atoms with Gasteiger partial charge in [-0.2, -0.15) is 0 Å². The summed E-state index contributed by atoms with van der Waals surface area (Å²) in [5.41, 5.74) is -0.167. The molecule has 1 aliphatic rings. The number of sulfone groups is 1.